The van der Waals surface area contributed by atoms with E-state index in [-0.39, 0.29) is 61.1 Å². The molecule has 66 heavy (non-hydrogen) atoms. The number of aliphatic hydroxyl groups is 9. The second-order valence-corrected chi connectivity index (χ2v) is 21.6. The van der Waals surface area contributed by atoms with E-state index >= 15 is 0 Å². The Hall–Kier alpha value is -1.47. The normalized spacial score (nSPS) is 55.3. The van der Waals surface area contributed by atoms with Gasteiger partial charge in [0.15, 0.2) is 25.2 Å². The summed E-state index contributed by atoms with van der Waals surface area (Å²) in [6.45, 7) is 9.11. The number of ether oxygens (including phenoxy) is 9. The number of rotatable bonds is 10. The highest BCUT2D eigenvalue weighted by molar-refractivity contribution is 5.85. The smallest absolute Gasteiger partial charge is 0.331 e. The molecule has 0 aromatic rings. The van der Waals surface area contributed by atoms with E-state index in [1.54, 1.807) is 19.9 Å². The predicted octanol–water partition coefficient (Wildman–Crippen LogP) is 0.0423. The van der Waals surface area contributed by atoms with E-state index in [1.165, 1.54) is 0 Å². The third-order valence-corrected chi connectivity index (χ3v) is 18.1. The Labute approximate surface area is 385 Å². The Morgan fingerprint density at radius 3 is 1.77 bits per heavy atom. The number of hydrogen-bond acceptors (Lipinski definition) is 19. The van der Waals surface area contributed by atoms with Gasteiger partial charge in [0.25, 0.3) is 0 Å². The first kappa shape index (κ1) is 49.5. The lowest BCUT2D eigenvalue weighted by molar-refractivity contribution is -0.355. The fourth-order valence-corrected chi connectivity index (χ4v) is 14.3. The quantitative estimate of drug-likeness (QED) is 0.103. The zero-order valence-electron chi connectivity index (χ0n) is 38.7. The van der Waals surface area contributed by atoms with Crippen molar-refractivity contribution in [2.24, 2.45) is 34.5 Å². The van der Waals surface area contributed by atoms with E-state index in [2.05, 4.69) is 6.92 Å². The summed E-state index contributed by atoms with van der Waals surface area (Å²) in [5, 5.41) is 98.4. The van der Waals surface area contributed by atoms with Crippen molar-refractivity contribution in [1.82, 2.24) is 0 Å². The molecular formula is C47H74O19. The lowest BCUT2D eigenvalue weighted by Gasteiger charge is -2.65. The molecule has 0 bridgehead atoms. The van der Waals surface area contributed by atoms with Gasteiger partial charge in [0, 0.05) is 30.8 Å². The van der Waals surface area contributed by atoms with Crippen LogP contribution in [0.5, 0.6) is 0 Å². The van der Waals surface area contributed by atoms with Crippen LogP contribution in [0, 0.1) is 34.5 Å². The van der Waals surface area contributed by atoms with Crippen LogP contribution in [0.15, 0.2) is 11.6 Å². The van der Waals surface area contributed by atoms with Crippen LogP contribution < -0.4 is 0 Å². The minimum Gasteiger partial charge on any atom is -0.458 e. The Kier molecular flexibility index (Phi) is 14.2. The van der Waals surface area contributed by atoms with Crippen molar-refractivity contribution < 1.29 is 93.4 Å². The second kappa shape index (κ2) is 18.9. The van der Waals surface area contributed by atoms with Gasteiger partial charge in [-0.2, -0.15) is 0 Å². The van der Waals surface area contributed by atoms with Crippen molar-refractivity contribution in [1.29, 1.82) is 0 Å². The first-order valence-corrected chi connectivity index (χ1v) is 24.5. The lowest BCUT2D eigenvalue weighted by atomic mass is 9.42. The number of carbonyl (C=O) groups excluding carboxylic acids is 1. The zero-order chi connectivity index (χ0) is 47.2. The van der Waals surface area contributed by atoms with E-state index in [4.69, 9.17) is 42.6 Å². The molecule has 376 valence electrons. The zero-order valence-corrected chi connectivity index (χ0v) is 38.7. The van der Waals surface area contributed by atoms with Crippen LogP contribution in [0.25, 0.3) is 0 Å². The lowest BCUT2D eigenvalue weighted by Crippen LogP contribution is -2.67. The van der Waals surface area contributed by atoms with Gasteiger partial charge in [0.05, 0.1) is 61.0 Å². The third-order valence-electron chi connectivity index (χ3n) is 18.1. The van der Waals surface area contributed by atoms with Crippen LogP contribution in [0.1, 0.15) is 105 Å². The number of aliphatic hydroxyl groups excluding tert-OH is 8. The molecule has 26 atom stereocenters. The summed E-state index contributed by atoms with van der Waals surface area (Å²) in [5.74, 6) is 0.0825. The Morgan fingerprint density at radius 1 is 0.652 bits per heavy atom. The van der Waals surface area contributed by atoms with Crippen molar-refractivity contribution in [3.8, 4) is 0 Å². The molecule has 4 aliphatic carbocycles. The predicted molar refractivity (Wildman–Crippen MR) is 225 cm³/mol. The Balaban J connectivity index is 0.737. The highest BCUT2D eigenvalue weighted by Gasteiger charge is 2.71. The van der Waals surface area contributed by atoms with Crippen molar-refractivity contribution in [3.63, 3.8) is 0 Å². The average molecular weight is 943 g/mol. The minimum absolute atomic E-state index is 0.0188. The molecule has 0 aromatic carbocycles. The summed E-state index contributed by atoms with van der Waals surface area (Å²) in [7, 11) is 0. The number of cyclic esters (lactones) is 1. The van der Waals surface area contributed by atoms with Gasteiger partial charge in [-0.3, -0.25) is 0 Å². The molecule has 0 radical (unpaired) electrons. The molecule has 0 unspecified atom stereocenters. The van der Waals surface area contributed by atoms with Gasteiger partial charge in [-0.15, -0.1) is 0 Å². The van der Waals surface area contributed by atoms with Crippen molar-refractivity contribution >= 4 is 5.97 Å². The molecule has 5 heterocycles. The van der Waals surface area contributed by atoms with Gasteiger partial charge in [0.2, 0.25) is 0 Å². The molecule has 9 aliphatic rings. The van der Waals surface area contributed by atoms with Gasteiger partial charge in [-0.05, 0) is 107 Å². The molecule has 4 saturated carbocycles. The summed E-state index contributed by atoms with van der Waals surface area (Å²) in [5.41, 5.74) is -0.989. The molecule has 0 aromatic heterocycles. The fraction of sp³-hybridized carbons (Fsp3) is 0.936. The largest absolute Gasteiger partial charge is 0.458 e. The number of esters is 1. The van der Waals surface area contributed by atoms with E-state index in [9.17, 15) is 50.8 Å². The van der Waals surface area contributed by atoms with E-state index in [0.717, 1.165) is 44.1 Å². The summed E-state index contributed by atoms with van der Waals surface area (Å²) < 4.78 is 53.9. The van der Waals surface area contributed by atoms with E-state index < -0.39 is 128 Å². The molecule has 9 N–H and O–H groups in total. The Morgan fingerprint density at radius 2 is 1.23 bits per heavy atom. The first-order valence-electron chi connectivity index (χ1n) is 24.5. The highest BCUT2D eigenvalue weighted by Crippen LogP contribution is 2.70. The standard InChI is InChI=1S/C47H74O19/c1-20-41(64-36-16-30(50)42(21(2)60-36)65-37-17-31(51)43(22(3)61-37)66-44-40(56)39(55)38(54)32(18-48)63-44)29(49)15-35(59-20)62-25-8-10-45(4)24(13-25)6-7-27-28(45)14-33(52)46(5)26(9-11-47(27,46)57)23-12-34(53)58-19-23/h12,20-22,24-33,35-44,48-52,54-57H,6-11,13-19H2,1-5H3/t20-,21-,22-,24+,25+,26-,27-,28-,29+,30+,31+,32-,33-,35+,36-,37-,38-,39+,40-,41+,42-,43+,44+,45+,46+,47+/m1/s1. The summed E-state index contributed by atoms with van der Waals surface area (Å²) >= 11 is 0. The second-order valence-electron chi connectivity index (χ2n) is 21.6. The average Bonchev–Trinajstić information content (AvgIpc) is 3.82. The van der Waals surface area contributed by atoms with Crippen molar-refractivity contribution in [2.75, 3.05) is 13.2 Å². The maximum atomic E-state index is 12.6. The van der Waals surface area contributed by atoms with Crippen molar-refractivity contribution in [2.45, 2.75) is 228 Å². The minimum atomic E-state index is -1.65. The maximum absolute atomic E-state index is 12.6. The van der Waals surface area contributed by atoms with Crippen LogP contribution in [0.2, 0.25) is 0 Å². The molecule has 19 heteroatoms. The third kappa shape index (κ3) is 8.64. The topological polar surface area (TPSA) is 282 Å². The molecule has 5 aliphatic heterocycles. The summed E-state index contributed by atoms with van der Waals surface area (Å²) in [6.07, 6.45) is -10.8. The van der Waals surface area contributed by atoms with Crippen LogP contribution in [-0.4, -0.2) is 187 Å². The van der Waals surface area contributed by atoms with Gasteiger partial charge in [-0.25, -0.2) is 4.79 Å². The first-order chi connectivity index (χ1) is 31.2. The molecule has 4 saturated heterocycles. The van der Waals surface area contributed by atoms with Crippen LogP contribution in [0.3, 0.4) is 0 Å². The molecule has 9 rings (SSSR count). The van der Waals surface area contributed by atoms with E-state index in [1.807, 2.05) is 13.8 Å². The summed E-state index contributed by atoms with van der Waals surface area (Å²) in [6, 6.07) is 0. The molecule has 8 fully saturated rings. The number of fused-ring (bicyclic) bond motifs is 5. The van der Waals surface area contributed by atoms with Crippen molar-refractivity contribution in [3.05, 3.63) is 11.6 Å². The molecule has 0 amide bonds. The SMILES string of the molecule is C[C@H]1O[C@@H](O[C@H]2CC[C@@]3(C)[C@@H](CC[C@@H]4[C@H]3C[C@@H](O)[C@]3(C)[C@@H](C5=CC(=O)OC5)CC[C@]43O)C2)C[C@H](O)[C@H]1O[C@@H]1C[C@H](O)[C@H](O[C@@H]2C[C@H](O)[C@@H](O[C@@H]3O[C@H](CO)[C@@H](O)[C@H](O)[C@H]3O)[C@@H](C)O2)[C@@H](C)O1. The monoisotopic (exact) mass is 942 g/mol. The van der Waals surface area contributed by atoms with Crippen LogP contribution in [0.4, 0.5) is 0 Å². The number of hydrogen-bond donors (Lipinski definition) is 9. The molecular weight excluding hydrogens is 868 g/mol. The van der Waals surface area contributed by atoms with Crippen LogP contribution >= 0.6 is 0 Å². The summed E-state index contributed by atoms with van der Waals surface area (Å²) in [4.78, 5) is 12.0. The number of carbonyl (C=O) groups is 1. The Bertz CT molecular complexity index is 1720. The van der Waals surface area contributed by atoms with E-state index in [0.29, 0.717) is 18.8 Å². The maximum Gasteiger partial charge on any atom is 0.331 e. The van der Waals surface area contributed by atoms with Gasteiger partial charge >= 0.3 is 5.97 Å². The van der Waals surface area contributed by atoms with Gasteiger partial charge < -0.3 is 88.6 Å². The highest BCUT2D eigenvalue weighted by atomic mass is 16.8. The molecule has 19 nitrogen and oxygen atoms in total. The molecule has 0 spiro atoms. The van der Waals surface area contributed by atoms with Gasteiger partial charge in [-0.1, -0.05) is 13.8 Å². The van der Waals surface area contributed by atoms with Crippen LogP contribution in [-0.2, 0) is 47.4 Å². The van der Waals surface area contributed by atoms with Gasteiger partial charge in [0.1, 0.15) is 49.3 Å². The fourth-order valence-electron chi connectivity index (χ4n) is 14.3.